The number of hydrogen-bond acceptors (Lipinski definition) is 2. The Labute approximate surface area is 92.6 Å². The van der Waals surface area contributed by atoms with Crippen molar-refractivity contribution in [3.8, 4) is 5.40 Å². The zero-order chi connectivity index (χ0) is 11.0. The number of thioether (sulfide) groups is 1. The lowest BCUT2D eigenvalue weighted by atomic mass is 9.90. The van der Waals surface area contributed by atoms with E-state index >= 15 is 0 Å². The summed E-state index contributed by atoms with van der Waals surface area (Å²) < 4.78 is 0. The maximum Gasteiger partial charge on any atom is 0.133 e. The molecule has 0 radical (unpaired) electrons. The number of allylic oxidation sites excluding steroid dienone is 2. The second kappa shape index (κ2) is 7.94. The van der Waals surface area contributed by atoms with Crippen LogP contribution in [0, 0.1) is 22.5 Å². The van der Waals surface area contributed by atoms with Gasteiger partial charge >= 0.3 is 0 Å². The summed E-state index contributed by atoms with van der Waals surface area (Å²) in [6.07, 6.45) is 4.52. The first-order chi connectivity index (χ1) is 6.61. The molecule has 0 aromatic carbocycles. The van der Waals surface area contributed by atoms with E-state index < -0.39 is 0 Å². The summed E-state index contributed by atoms with van der Waals surface area (Å²) >= 11 is 1.35. The van der Waals surface area contributed by atoms with Crippen LogP contribution in [0.4, 0.5) is 0 Å². The average Bonchev–Trinajstić information content (AvgIpc) is 2.11. The molecule has 0 spiro atoms. The number of hydrogen-bond donors (Lipinski definition) is 0. The molecule has 0 aliphatic rings. The van der Waals surface area contributed by atoms with Crippen molar-refractivity contribution in [1.29, 1.82) is 5.26 Å². The van der Waals surface area contributed by atoms with Gasteiger partial charge in [-0.25, -0.2) is 0 Å². The summed E-state index contributed by atoms with van der Waals surface area (Å²) in [6.45, 7) is 8.90. The molecule has 0 saturated heterocycles. The first-order valence-electron chi connectivity index (χ1n) is 5.27. The quantitative estimate of drug-likeness (QED) is 0.373. The van der Waals surface area contributed by atoms with Crippen LogP contribution in [0.5, 0.6) is 0 Å². The lowest BCUT2D eigenvalue weighted by molar-refractivity contribution is 0.478. The zero-order valence-electron chi connectivity index (χ0n) is 9.71. The number of nitriles is 1. The maximum atomic E-state index is 8.43. The zero-order valence-corrected chi connectivity index (χ0v) is 10.5. The summed E-state index contributed by atoms with van der Waals surface area (Å²) in [5, 5.41) is 10.5. The maximum absolute atomic E-state index is 8.43. The molecule has 0 rings (SSSR count). The van der Waals surface area contributed by atoms with Gasteiger partial charge in [0, 0.05) is 5.75 Å². The highest BCUT2D eigenvalue weighted by Gasteiger charge is 2.09. The molecular formula is C12H21NS. The van der Waals surface area contributed by atoms with Crippen molar-refractivity contribution in [1.82, 2.24) is 0 Å². The minimum Gasteiger partial charge on any atom is -0.185 e. The van der Waals surface area contributed by atoms with Crippen molar-refractivity contribution < 1.29 is 0 Å². The second-order valence-electron chi connectivity index (χ2n) is 4.08. The molecule has 0 amide bonds. The molecule has 0 saturated carbocycles. The highest BCUT2D eigenvalue weighted by molar-refractivity contribution is 8.03. The van der Waals surface area contributed by atoms with E-state index in [-0.39, 0.29) is 0 Å². The molecule has 0 fully saturated rings. The van der Waals surface area contributed by atoms with Crippen LogP contribution in [0.3, 0.4) is 0 Å². The molecule has 0 aromatic rings. The molecule has 80 valence electrons. The fourth-order valence-corrected chi connectivity index (χ4v) is 2.18. The fourth-order valence-electron chi connectivity index (χ4n) is 1.75. The van der Waals surface area contributed by atoms with E-state index in [2.05, 4.69) is 39.2 Å². The molecule has 0 aliphatic heterocycles. The van der Waals surface area contributed by atoms with Crippen LogP contribution in [0.1, 0.15) is 40.5 Å². The molecule has 14 heavy (non-hydrogen) atoms. The van der Waals surface area contributed by atoms with Crippen molar-refractivity contribution in [2.45, 2.75) is 40.5 Å². The Morgan fingerprint density at radius 2 is 2.07 bits per heavy atom. The van der Waals surface area contributed by atoms with Gasteiger partial charge in [-0.1, -0.05) is 32.4 Å². The SMILES string of the molecule is C/C=C(/CCSC#N)C(C)CC(C)C. The van der Waals surface area contributed by atoms with Gasteiger partial charge in [0.05, 0.1) is 0 Å². The lowest BCUT2D eigenvalue weighted by Gasteiger charge is -2.17. The molecule has 1 atom stereocenters. The van der Waals surface area contributed by atoms with Gasteiger partial charge < -0.3 is 0 Å². The Bertz CT molecular complexity index is 213. The summed E-state index contributed by atoms with van der Waals surface area (Å²) in [4.78, 5) is 0. The monoisotopic (exact) mass is 211 g/mol. The predicted octanol–water partition coefficient (Wildman–Crippen LogP) is 4.22. The summed E-state index contributed by atoms with van der Waals surface area (Å²) in [5.41, 5.74) is 1.50. The van der Waals surface area contributed by atoms with Crippen molar-refractivity contribution in [3.63, 3.8) is 0 Å². The van der Waals surface area contributed by atoms with E-state index in [1.54, 1.807) is 0 Å². The molecule has 0 bridgehead atoms. The van der Waals surface area contributed by atoms with Gasteiger partial charge in [-0.05, 0) is 43.4 Å². The van der Waals surface area contributed by atoms with E-state index in [0.29, 0.717) is 5.92 Å². The Kier molecular flexibility index (Phi) is 7.70. The molecule has 0 aromatic heterocycles. The molecule has 0 heterocycles. The molecular weight excluding hydrogens is 190 g/mol. The highest BCUT2D eigenvalue weighted by atomic mass is 32.2. The summed E-state index contributed by atoms with van der Waals surface area (Å²) in [7, 11) is 0. The van der Waals surface area contributed by atoms with Gasteiger partial charge in [-0.3, -0.25) is 0 Å². The molecule has 0 aliphatic carbocycles. The average molecular weight is 211 g/mol. The Balaban J connectivity index is 3.96. The Hall–Kier alpha value is -0.420. The van der Waals surface area contributed by atoms with E-state index in [1.807, 2.05) is 0 Å². The lowest BCUT2D eigenvalue weighted by Crippen LogP contribution is -2.04. The predicted molar refractivity (Wildman–Crippen MR) is 65.1 cm³/mol. The molecule has 1 unspecified atom stereocenters. The van der Waals surface area contributed by atoms with Gasteiger partial charge in [0.2, 0.25) is 0 Å². The van der Waals surface area contributed by atoms with Gasteiger partial charge in [-0.2, -0.15) is 5.26 Å². The van der Waals surface area contributed by atoms with Crippen LogP contribution >= 0.6 is 11.8 Å². The third kappa shape index (κ3) is 6.10. The molecule has 2 heteroatoms. The van der Waals surface area contributed by atoms with Crippen molar-refractivity contribution in [3.05, 3.63) is 11.6 Å². The topological polar surface area (TPSA) is 23.8 Å². The van der Waals surface area contributed by atoms with Crippen LogP contribution in [-0.2, 0) is 0 Å². The Morgan fingerprint density at radius 3 is 2.50 bits per heavy atom. The van der Waals surface area contributed by atoms with Gasteiger partial charge in [0.15, 0.2) is 0 Å². The molecule has 0 N–H and O–H groups in total. The van der Waals surface area contributed by atoms with Crippen molar-refractivity contribution in [2.24, 2.45) is 11.8 Å². The van der Waals surface area contributed by atoms with Gasteiger partial charge in [0.1, 0.15) is 5.40 Å². The minimum absolute atomic E-state index is 0.666. The van der Waals surface area contributed by atoms with E-state index in [4.69, 9.17) is 5.26 Å². The smallest absolute Gasteiger partial charge is 0.133 e. The van der Waals surface area contributed by atoms with Crippen LogP contribution in [-0.4, -0.2) is 5.75 Å². The standard InChI is InChI=1S/C12H21NS/c1-5-12(6-7-14-9-13)11(4)8-10(2)3/h5,10-11H,6-8H2,1-4H3/b12-5-. The fraction of sp³-hybridized carbons (Fsp3) is 0.750. The largest absolute Gasteiger partial charge is 0.185 e. The number of rotatable bonds is 6. The number of thiocyanates is 1. The van der Waals surface area contributed by atoms with E-state index in [0.717, 1.165) is 18.1 Å². The minimum atomic E-state index is 0.666. The summed E-state index contributed by atoms with van der Waals surface area (Å²) in [6, 6.07) is 0. The normalized spacial score (nSPS) is 14.1. The second-order valence-corrected chi connectivity index (χ2v) is 4.96. The van der Waals surface area contributed by atoms with Gasteiger partial charge in [-0.15, -0.1) is 0 Å². The van der Waals surface area contributed by atoms with Crippen LogP contribution in [0.2, 0.25) is 0 Å². The number of nitrogens with zero attached hydrogens (tertiary/aromatic N) is 1. The van der Waals surface area contributed by atoms with E-state index in [1.165, 1.54) is 23.8 Å². The van der Waals surface area contributed by atoms with E-state index in [9.17, 15) is 0 Å². The third-order valence-corrected chi connectivity index (χ3v) is 2.92. The van der Waals surface area contributed by atoms with Crippen LogP contribution in [0.15, 0.2) is 11.6 Å². The first kappa shape index (κ1) is 13.6. The highest BCUT2D eigenvalue weighted by Crippen LogP contribution is 2.23. The van der Waals surface area contributed by atoms with Crippen LogP contribution in [0.25, 0.3) is 0 Å². The van der Waals surface area contributed by atoms with Gasteiger partial charge in [0.25, 0.3) is 0 Å². The Morgan fingerprint density at radius 1 is 1.43 bits per heavy atom. The molecule has 1 nitrogen and oxygen atoms in total. The van der Waals surface area contributed by atoms with Crippen LogP contribution < -0.4 is 0 Å². The first-order valence-corrected chi connectivity index (χ1v) is 6.26. The summed E-state index contributed by atoms with van der Waals surface area (Å²) in [5.74, 6) is 2.35. The third-order valence-electron chi connectivity index (χ3n) is 2.39. The van der Waals surface area contributed by atoms with Crippen molar-refractivity contribution in [2.75, 3.05) is 5.75 Å². The van der Waals surface area contributed by atoms with Crippen molar-refractivity contribution >= 4 is 11.8 Å².